The van der Waals surface area contributed by atoms with Gasteiger partial charge < -0.3 is 19.5 Å². The predicted molar refractivity (Wildman–Crippen MR) is 103 cm³/mol. The highest BCUT2D eigenvalue weighted by Gasteiger charge is 2.18. The first-order chi connectivity index (χ1) is 12.9. The molecule has 2 aromatic carbocycles. The van der Waals surface area contributed by atoms with Gasteiger partial charge in [-0.25, -0.2) is 4.79 Å². The molecule has 1 atom stereocenters. The van der Waals surface area contributed by atoms with Crippen molar-refractivity contribution in [3.63, 3.8) is 0 Å². The number of aryl methyl sites for hydroxylation is 2. The van der Waals surface area contributed by atoms with Crippen LogP contribution in [-0.4, -0.2) is 31.2 Å². The molecule has 2 aromatic rings. The van der Waals surface area contributed by atoms with Gasteiger partial charge in [0.2, 0.25) is 0 Å². The summed E-state index contributed by atoms with van der Waals surface area (Å²) < 4.78 is 15.9. The summed E-state index contributed by atoms with van der Waals surface area (Å²) >= 11 is 0. The second kappa shape index (κ2) is 9.62. The molecule has 0 aliphatic carbocycles. The Hall–Kier alpha value is -3.02. The Morgan fingerprint density at radius 3 is 2.26 bits per heavy atom. The van der Waals surface area contributed by atoms with E-state index in [4.69, 9.17) is 14.2 Å². The van der Waals surface area contributed by atoms with E-state index in [9.17, 15) is 9.59 Å². The standard InChI is InChI=1S/C21H25NO5/c1-5-25-18-10-7-17(8-11-18)22-21(24)16(4)27-20(23)13-26-19-9-6-14(2)15(3)12-19/h6-12,16H,5,13H2,1-4H3,(H,22,24)/t16-/m1/s1. The van der Waals surface area contributed by atoms with Crippen molar-refractivity contribution >= 4 is 17.6 Å². The molecular weight excluding hydrogens is 346 g/mol. The number of esters is 1. The molecule has 0 bridgehead atoms. The second-order valence-corrected chi connectivity index (χ2v) is 6.11. The van der Waals surface area contributed by atoms with Crippen molar-refractivity contribution in [1.29, 1.82) is 0 Å². The maximum Gasteiger partial charge on any atom is 0.344 e. The Bertz CT molecular complexity index is 786. The smallest absolute Gasteiger partial charge is 0.344 e. The topological polar surface area (TPSA) is 73.9 Å². The molecule has 6 heteroatoms. The number of benzene rings is 2. The molecule has 144 valence electrons. The van der Waals surface area contributed by atoms with Crippen LogP contribution in [0, 0.1) is 13.8 Å². The summed E-state index contributed by atoms with van der Waals surface area (Å²) in [6, 6.07) is 12.5. The molecule has 27 heavy (non-hydrogen) atoms. The van der Waals surface area contributed by atoms with Gasteiger partial charge in [-0.2, -0.15) is 0 Å². The van der Waals surface area contributed by atoms with Gasteiger partial charge in [-0.05, 0) is 75.2 Å². The average Bonchev–Trinajstić information content (AvgIpc) is 2.64. The first kappa shape index (κ1) is 20.3. The van der Waals surface area contributed by atoms with Gasteiger partial charge in [0.25, 0.3) is 5.91 Å². The molecule has 0 saturated carbocycles. The van der Waals surface area contributed by atoms with E-state index in [0.29, 0.717) is 18.0 Å². The van der Waals surface area contributed by atoms with Gasteiger partial charge in [0.1, 0.15) is 11.5 Å². The van der Waals surface area contributed by atoms with Gasteiger partial charge in [-0.1, -0.05) is 6.07 Å². The summed E-state index contributed by atoms with van der Waals surface area (Å²) in [5.41, 5.74) is 2.81. The molecule has 0 aromatic heterocycles. The van der Waals surface area contributed by atoms with Crippen molar-refractivity contribution < 1.29 is 23.8 Å². The molecule has 0 fully saturated rings. The molecule has 2 rings (SSSR count). The lowest BCUT2D eigenvalue weighted by Gasteiger charge is -2.14. The number of carbonyl (C=O) groups excluding carboxylic acids is 2. The Balaban J connectivity index is 1.80. The second-order valence-electron chi connectivity index (χ2n) is 6.11. The van der Waals surface area contributed by atoms with E-state index in [0.717, 1.165) is 16.9 Å². The maximum atomic E-state index is 12.2. The summed E-state index contributed by atoms with van der Waals surface area (Å²) in [4.78, 5) is 24.1. The molecule has 0 unspecified atom stereocenters. The van der Waals surface area contributed by atoms with Crippen LogP contribution in [0.5, 0.6) is 11.5 Å². The summed E-state index contributed by atoms with van der Waals surface area (Å²) in [6.45, 7) is 7.69. The third kappa shape index (κ3) is 6.33. The highest BCUT2D eigenvalue weighted by molar-refractivity contribution is 5.95. The van der Waals surface area contributed by atoms with E-state index in [-0.39, 0.29) is 6.61 Å². The molecule has 0 radical (unpaired) electrons. The number of amides is 1. The van der Waals surface area contributed by atoms with E-state index in [1.807, 2.05) is 32.9 Å². The first-order valence-corrected chi connectivity index (χ1v) is 8.82. The highest BCUT2D eigenvalue weighted by Crippen LogP contribution is 2.17. The largest absolute Gasteiger partial charge is 0.494 e. The zero-order chi connectivity index (χ0) is 19.8. The SMILES string of the molecule is CCOc1ccc(NC(=O)[C@@H](C)OC(=O)COc2ccc(C)c(C)c2)cc1. The summed E-state index contributed by atoms with van der Waals surface area (Å²) in [5.74, 6) is 0.279. The molecular formula is C21H25NO5. The van der Waals surface area contributed by atoms with Crippen LogP contribution in [0.2, 0.25) is 0 Å². The van der Waals surface area contributed by atoms with E-state index in [1.165, 1.54) is 6.92 Å². The molecule has 0 aliphatic heterocycles. The number of carbonyl (C=O) groups is 2. The number of ether oxygens (including phenoxy) is 3. The molecule has 0 spiro atoms. The van der Waals surface area contributed by atoms with Crippen molar-refractivity contribution in [2.45, 2.75) is 33.8 Å². The lowest BCUT2D eigenvalue weighted by atomic mass is 10.1. The maximum absolute atomic E-state index is 12.2. The molecule has 0 heterocycles. The summed E-state index contributed by atoms with van der Waals surface area (Å²) in [6.07, 6.45) is -0.938. The normalized spacial score (nSPS) is 11.4. The van der Waals surface area contributed by atoms with Crippen LogP contribution < -0.4 is 14.8 Å². The molecule has 1 amide bonds. The van der Waals surface area contributed by atoms with E-state index in [1.54, 1.807) is 30.3 Å². The van der Waals surface area contributed by atoms with Crippen molar-refractivity contribution in [3.8, 4) is 11.5 Å². The van der Waals surface area contributed by atoms with E-state index < -0.39 is 18.0 Å². The predicted octanol–water partition coefficient (Wildman–Crippen LogP) is 3.65. The number of nitrogens with one attached hydrogen (secondary N) is 1. The van der Waals surface area contributed by atoms with E-state index >= 15 is 0 Å². The van der Waals surface area contributed by atoms with Gasteiger partial charge in [0.05, 0.1) is 6.61 Å². The Labute approximate surface area is 159 Å². The van der Waals surface area contributed by atoms with Gasteiger partial charge in [0.15, 0.2) is 12.7 Å². The minimum absolute atomic E-state index is 0.261. The van der Waals surface area contributed by atoms with Crippen LogP contribution in [0.25, 0.3) is 0 Å². The molecule has 1 N–H and O–H groups in total. The summed E-state index contributed by atoms with van der Waals surface area (Å²) in [7, 11) is 0. The molecule has 0 aliphatic rings. The number of hydrogen-bond donors (Lipinski definition) is 1. The van der Waals surface area contributed by atoms with Crippen LogP contribution in [0.3, 0.4) is 0 Å². The fraction of sp³-hybridized carbons (Fsp3) is 0.333. The van der Waals surface area contributed by atoms with Crippen LogP contribution in [-0.2, 0) is 14.3 Å². The molecule has 0 saturated heterocycles. The lowest BCUT2D eigenvalue weighted by molar-refractivity contribution is -0.155. The Morgan fingerprint density at radius 1 is 0.963 bits per heavy atom. The highest BCUT2D eigenvalue weighted by atomic mass is 16.6. The minimum atomic E-state index is -0.938. The minimum Gasteiger partial charge on any atom is -0.494 e. The van der Waals surface area contributed by atoms with Crippen molar-refractivity contribution in [1.82, 2.24) is 0 Å². The van der Waals surface area contributed by atoms with Gasteiger partial charge in [-0.3, -0.25) is 4.79 Å². The molecule has 6 nitrogen and oxygen atoms in total. The van der Waals surface area contributed by atoms with Crippen molar-refractivity contribution in [2.75, 3.05) is 18.5 Å². The number of anilines is 1. The van der Waals surface area contributed by atoms with E-state index in [2.05, 4.69) is 5.32 Å². The Morgan fingerprint density at radius 2 is 1.63 bits per heavy atom. The van der Waals surface area contributed by atoms with Crippen molar-refractivity contribution in [2.24, 2.45) is 0 Å². The Kier molecular flexibility index (Phi) is 7.23. The van der Waals surface area contributed by atoms with Crippen molar-refractivity contribution in [3.05, 3.63) is 53.6 Å². The van der Waals surface area contributed by atoms with Crippen LogP contribution in [0.15, 0.2) is 42.5 Å². The number of rotatable bonds is 8. The van der Waals surface area contributed by atoms with Gasteiger partial charge in [0, 0.05) is 5.69 Å². The van der Waals surface area contributed by atoms with Gasteiger partial charge >= 0.3 is 5.97 Å². The van der Waals surface area contributed by atoms with Crippen LogP contribution in [0.1, 0.15) is 25.0 Å². The van der Waals surface area contributed by atoms with Gasteiger partial charge in [-0.15, -0.1) is 0 Å². The van der Waals surface area contributed by atoms with Crippen LogP contribution >= 0.6 is 0 Å². The fourth-order valence-electron chi connectivity index (χ4n) is 2.28. The number of hydrogen-bond acceptors (Lipinski definition) is 5. The lowest BCUT2D eigenvalue weighted by Crippen LogP contribution is -2.31. The monoisotopic (exact) mass is 371 g/mol. The first-order valence-electron chi connectivity index (χ1n) is 8.82. The fourth-order valence-corrected chi connectivity index (χ4v) is 2.28. The average molecular weight is 371 g/mol. The zero-order valence-electron chi connectivity index (χ0n) is 16.1. The quantitative estimate of drug-likeness (QED) is 0.717. The summed E-state index contributed by atoms with van der Waals surface area (Å²) in [5, 5.41) is 2.69. The third-order valence-electron chi connectivity index (χ3n) is 3.95. The van der Waals surface area contributed by atoms with Crippen LogP contribution in [0.4, 0.5) is 5.69 Å². The zero-order valence-corrected chi connectivity index (χ0v) is 16.1. The third-order valence-corrected chi connectivity index (χ3v) is 3.95.